The number of alkyl halides is 1. The molecule has 14 nitrogen and oxygen atoms in total. The minimum absolute atomic E-state index is 0.0925. The first kappa shape index (κ1) is 54.9. The van der Waals surface area contributed by atoms with Crippen LogP contribution in [0.25, 0.3) is 0 Å². The molecule has 0 spiro atoms. The molecule has 3 fully saturated rings. The molecule has 4 aliphatic rings. The fourth-order valence-corrected chi connectivity index (χ4v) is 13.3. The summed E-state index contributed by atoms with van der Waals surface area (Å²) in [5, 5.41) is 11.6. The maximum atomic E-state index is 15.0. The second-order valence-electron chi connectivity index (χ2n) is 19.7. The molecule has 68 heavy (non-hydrogen) atoms. The first-order valence-corrected chi connectivity index (χ1v) is 26.7. The maximum absolute atomic E-state index is 15.0. The van der Waals surface area contributed by atoms with Crippen LogP contribution in [-0.4, -0.2) is 131 Å². The van der Waals surface area contributed by atoms with E-state index in [0.717, 1.165) is 31.4 Å². The lowest BCUT2D eigenvalue weighted by atomic mass is 9.72. The number of benzene rings is 1. The quantitative estimate of drug-likeness (QED) is 0.109. The molecule has 6 rings (SSSR count). The van der Waals surface area contributed by atoms with Crippen molar-refractivity contribution >= 4 is 81.0 Å². The Morgan fingerprint density at radius 3 is 2.32 bits per heavy atom. The van der Waals surface area contributed by atoms with Crippen LogP contribution in [0.4, 0.5) is 5.69 Å². The zero-order valence-electron chi connectivity index (χ0n) is 41.2. The van der Waals surface area contributed by atoms with E-state index in [1.165, 1.54) is 11.8 Å². The van der Waals surface area contributed by atoms with Gasteiger partial charge in [-0.05, 0) is 115 Å². The number of pyridine rings is 1. The number of halogens is 3. The second-order valence-corrected chi connectivity index (χ2v) is 22.9. The minimum Gasteiger partial charge on any atom is -0.493 e. The molecule has 13 atom stereocenters. The van der Waals surface area contributed by atoms with Crippen molar-refractivity contribution in [1.82, 2.24) is 9.88 Å². The van der Waals surface area contributed by atoms with E-state index >= 15 is 0 Å². The number of hydrogen-bond acceptors (Lipinski definition) is 15. The van der Waals surface area contributed by atoms with Crippen molar-refractivity contribution in [3.05, 3.63) is 57.9 Å². The van der Waals surface area contributed by atoms with Crippen molar-refractivity contribution in [2.45, 2.75) is 151 Å². The fraction of sp³-hybridized carbons (Fsp3) is 0.680. The zero-order chi connectivity index (χ0) is 49.8. The number of likely N-dealkylation sites (N-methyl/N-ethyl adjacent to an activating group) is 1. The first-order chi connectivity index (χ1) is 32.1. The molecule has 1 N–H and O–H groups in total. The number of methoxy groups -OCH3 is 2. The van der Waals surface area contributed by atoms with E-state index in [0.29, 0.717) is 57.9 Å². The predicted molar refractivity (Wildman–Crippen MR) is 273 cm³/mol. The number of carbonyl (C=O) groups is 3. The van der Waals surface area contributed by atoms with Gasteiger partial charge in [0.2, 0.25) is 0 Å². The van der Waals surface area contributed by atoms with Crippen molar-refractivity contribution in [3.63, 3.8) is 0 Å². The second kappa shape index (κ2) is 23.4. The van der Waals surface area contributed by atoms with Crippen molar-refractivity contribution in [1.29, 1.82) is 0 Å². The number of ether oxygens (including phenoxy) is 7. The summed E-state index contributed by atoms with van der Waals surface area (Å²) in [5.74, 6) is -2.05. The Morgan fingerprint density at radius 2 is 1.69 bits per heavy atom. The lowest BCUT2D eigenvalue weighted by molar-refractivity contribution is -0.294. The number of nitrogens with zero attached hydrogens (tertiary/aromatic N) is 3. The van der Waals surface area contributed by atoms with Gasteiger partial charge in [0.1, 0.15) is 17.1 Å². The molecule has 2 aromatic rings. The van der Waals surface area contributed by atoms with Gasteiger partial charge in [0, 0.05) is 90.9 Å². The highest BCUT2D eigenvalue weighted by Gasteiger charge is 2.61. The smallest absolute Gasteiger partial charge is 0.334 e. The molecule has 2 saturated heterocycles. The van der Waals surface area contributed by atoms with Gasteiger partial charge in [-0.15, -0.1) is 11.8 Å². The molecule has 18 heteroatoms. The molecular formula is C50H70Cl2IN3O11S. The van der Waals surface area contributed by atoms with Crippen LogP contribution in [0.2, 0.25) is 10.0 Å². The van der Waals surface area contributed by atoms with Gasteiger partial charge in [0.05, 0.1) is 41.1 Å². The largest absolute Gasteiger partial charge is 0.493 e. The summed E-state index contributed by atoms with van der Waals surface area (Å²) in [6, 6.07) is 5.58. The van der Waals surface area contributed by atoms with Gasteiger partial charge >= 0.3 is 11.9 Å². The van der Waals surface area contributed by atoms with Gasteiger partial charge in [-0.2, -0.15) is 0 Å². The van der Waals surface area contributed by atoms with Gasteiger partial charge < -0.3 is 48.1 Å². The number of anilines is 1. The average Bonchev–Trinajstić information content (AvgIpc) is 3.90. The molecule has 378 valence electrons. The number of Topliss-reactive ketones (excluding diaryl/α,β-unsaturated/α-hetero) is 1. The maximum Gasteiger partial charge on any atom is 0.334 e. The highest BCUT2D eigenvalue weighted by atomic mass is 127. The van der Waals surface area contributed by atoms with Crippen LogP contribution in [0, 0.1) is 23.7 Å². The number of hydrogen-bond donors (Lipinski definition) is 1. The number of rotatable bonds is 14. The van der Waals surface area contributed by atoms with Gasteiger partial charge in [-0.1, -0.05) is 50.0 Å². The molecular weight excluding hydrogens is 1050 g/mol. The van der Waals surface area contributed by atoms with Gasteiger partial charge in [-0.25, -0.2) is 4.79 Å². The third-order valence-electron chi connectivity index (χ3n) is 14.4. The third-order valence-corrected chi connectivity index (χ3v) is 17.8. The van der Waals surface area contributed by atoms with Crippen LogP contribution >= 0.6 is 57.6 Å². The third kappa shape index (κ3) is 12.2. The van der Waals surface area contributed by atoms with Crippen LogP contribution in [-0.2, 0) is 44.6 Å². The molecule has 0 unspecified atom stereocenters. The topological polar surface area (TPSA) is 155 Å². The number of aromatic nitrogens is 1. The molecule has 1 aromatic carbocycles. The van der Waals surface area contributed by atoms with E-state index in [-0.39, 0.29) is 30.5 Å². The molecule has 1 aromatic heterocycles. The summed E-state index contributed by atoms with van der Waals surface area (Å²) in [5.41, 5.74) is -0.664. The Balaban J connectivity index is 1.31. The summed E-state index contributed by atoms with van der Waals surface area (Å²) < 4.78 is 43.0. The van der Waals surface area contributed by atoms with Crippen LogP contribution in [0.5, 0.6) is 11.5 Å². The summed E-state index contributed by atoms with van der Waals surface area (Å²) in [4.78, 5) is 51.5. The normalized spacial score (nSPS) is 35.0. The standard InChI is InChI=1S/C50H70Cl2IN3O11S/c1-27-20-28(2)45(59)66-48(53)50(7)40(31(5)41(57)29(3)23-49(6,62-11)44(27)65-47-42(58)37(55(8)9)21-30(4)63-47)43(46(60)67-50)68-19-18-56(26-34-35(51)24-54-25-36(34)52)32-16-17-38(61-10)39(22-32)64-33-14-12-13-15-33/h16-17,20,22,24-25,27,29-31,33,37,40,42-44,47-48,58H,12-15,18-19,21,23,26H2,1-11H3/b28-20-/t27-,29+,30+,31+,37-,40-,42+,43-,44+,47-,48-,49+,50-/m0/s1. The van der Waals surface area contributed by atoms with E-state index in [1.54, 1.807) is 46.5 Å². The average molecular weight is 1120 g/mol. The van der Waals surface area contributed by atoms with E-state index in [4.69, 9.17) is 56.4 Å². The van der Waals surface area contributed by atoms with E-state index < -0.39 is 74.7 Å². The number of aliphatic hydroxyl groups excluding tert-OH is 1. The molecule has 3 aliphatic heterocycles. The number of thioether (sulfide) groups is 1. The molecule has 1 aliphatic carbocycles. The predicted octanol–water partition coefficient (Wildman–Crippen LogP) is 9.11. The summed E-state index contributed by atoms with van der Waals surface area (Å²) in [6.07, 6.45) is 6.99. The fourth-order valence-electron chi connectivity index (χ4n) is 10.6. The van der Waals surface area contributed by atoms with Crippen LogP contribution in [0.1, 0.15) is 92.6 Å². The highest BCUT2D eigenvalue weighted by molar-refractivity contribution is 14.1. The Hall–Kier alpha value is -2.42. The summed E-state index contributed by atoms with van der Waals surface area (Å²) in [7, 11) is 7.01. The van der Waals surface area contributed by atoms with Crippen LogP contribution in [0.3, 0.4) is 0 Å². The van der Waals surface area contributed by atoms with Crippen molar-refractivity contribution < 1.29 is 52.6 Å². The van der Waals surface area contributed by atoms with Crippen molar-refractivity contribution in [2.24, 2.45) is 23.7 Å². The van der Waals surface area contributed by atoms with Crippen LogP contribution in [0.15, 0.2) is 42.2 Å². The monoisotopic (exact) mass is 1120 g/mol. The Morgan fingerprint density at radius 1 is 1.01 bits per heavy atom. The summed E-state index contributed by atoms with van der Waals surface area (Å²) in [6.45, 7) is 13.6. The Kier molecular flexibility index (Phi) is 18.9. The number of cyclic esters (lactones) is 1. The number of aliphatic hydroxyl groups is 1. The Labute approximate surface area is 430 Å². The molecule has 0 bridgehead atoms. The van der Waals surface area contributed by atoms with E-state index in [2.05, 4.69) is 9.88 Å². The lowest BCUT2D eigenvalue weighted by Crippen LogP contribution is -2.58. The molecule has 4 heterocycles. The number of carbonyl (C=O) groups excluding carboxylic acids is 3. The molecule has 0 amide bonds. The van der Waals surface area contributed by atoms with Gasteiger partial charge in [0.15, 0.2) is 27.5 Å². The number of fused-ring (bicyclic) bond motifs is 1. The number of esters is 2. The SMILES string of the molecule is COc1ccc(N(CCS[C@@H]2C(=O)O[C@@]3(C)[C@H]2[C@@H](C)C(=O)[C@H](C)C[C@@](C)(OC)[C@H](O[C@@H]2O[C@H](C)C[C@H](N(C)C)[C@H]2O)[C@@H](C)/C=C(/C)C(=O)O[C@@H]3I)Cc2c(Cl)cncc2Cl)cc1OC1CCCC1. The lowest BCUT2D eigenvalue weighted by Gasteiger charge is -2.46. The molecule has 0 radical (unpaired) electrons. The first-order valence-electron chi connectivity index (χ1n) is 23.6. The minimum atomic E-state index is -1.37. The van der Waals surface area contributed by atoms with Gasteiger partial charge in [0.25, 0.3) is 0 Å². The highest BCUT2D eigenvalue weighted by Crippen LogP contribution is 2.50. The zero-order valence-corrected chi connectivity index (χ0v) is 45.7. The van der Waals surface area contributed by atoms with Crippen molar-refractivity contribution in [3.8, 4) is 11.5 Å². The van der Waals surface area contributed by atoms with Gasteiger partial charge in [-0.3, -0.25) is 14.6 Å². The molecule has 1 saturated carbocycles. The number of ketones is 1. The van der Waals surface area contributed by atoms with E-state index in [1.807, 2.05) is 94.4 Å². The summed E-state index contributed by atoms with van der Waals surface area (Å²) >= 11 is 16.8. The van der Waals surface area contributed by atoms with Crippen molar-refractivity contribution in [2.75, 3.05) is 45.5 Å². The van der Waals surface area contributed by atoms with E-state index in [9.17, 15) is 19.5 Å². The van der Waals surface area contributed by atoms with Crippen LogP contribution < -0.4 is 14.4 Å². The Bertz CT molecular complexity index is 2110.